The molecule has 0 unspecified atom stereocenters. The van der Waals surface area contributed by atoms with Crippen LogP contribution >= 0.6 is 0 Å². The van der Waals surface area contributed by atoms with Crippen LogP contribution in [0, 0.1) is 13.8 Å². The van der Waals surface area contributed by atoms with Crippen LogP contribution in [0.4, 0.5) is 17.2 Å². The van der Waals surface area contributed by atoms with E-state index in [1.807, 2.05) is 36.9 Å². The normalized spacial score (nSPS) is 12.8. The minimum atomic E-state index is -0.0143. The predicted molar refractivity (Wildman–Crippen MR) is 101 cm³/mol. The maximum atomic E-state index is 12.7. The molecule has 1 aliphatic heterocycles. The number of rotatable bonds is 3. The Kier molecular flexibility index (Phi) is 4.08. The first-order chi connectivity index (χ1) is 12.6. The Labute approximate surface area is 151 Å². The van der Waals surface area contributed by atoms with Gasteiger partial charge in [0.05, 0.1) is 5.56 Å². The minimum Gasteiger partial charge on any atom is -0.340 e. The Hall–Kier alpha value is -3.28. The highest BCUT2D eigenvalue weighted by Crippen LogP contribution is 2.32. The number of hydrogen-bond acceptors (Lipinski definition) is 5. The van der Waals surface area contributed by atoms with Gasteiger partial charge in [-0.2, -0.15) is 0 Å². The molecule has 1 N–H and O–H groups in total. The van der Waals surface area contributed by atoms with Gasteiger partial charge in [0.25, 0.3) is 5.91 Å². The lowest BCUT2D eigenvalue weighted by Crippen LogP contribution is -2.28. The molecule has 2 aromatic heterocycles. The molecule has 0 saturated heterocycles. The number of carbonyl (C=O) groups is 1. The van der Waals surface area contributed by atoms with E-state index in [-0.39, 0.29) is 5.91 Å². The number of hydrogen-bond donors (Lipinski definition) is 1. The topological polar surface area (TPSA) is 71.0 Å². The molecule has 0 saturated carbocycles. The number of amides is 1. The summed E-state index contributed by atoms with van der Waals surface area (Å²) < 4.78 is 0. The van der Waals surface area contributed by atoms with E-state index in [9.17, 15) is 4.79 Å². The summed E-state index contributed by atoms with van der Waals surface area (Å²) in [5.74, 6) is 1.50. The van der Waals surface area contributed by atoms with E-state index >= 15 is 0 Å². The fraction of sp³-hybridized carbons (Fsp3) is 0.200. The van der Waals surface area contributed by atoms with Gasteiger partial charge < -0.3 is 10.2 Å². The summed E-state index contributed by atoms with van der Waals surface area (Å²) >= 11 is 0. The Bertz CT molecular complexity index is 951. The molecule has 1 aromatic carbocycles. The Morgan fingerprint density at radius 3 is 2.81 bits per heavy atom. The second-order valence-electron chi connectivity index (χ2n) is 6.36. The van der Waals surface area contributed by atoms with Crippen molar-refractivity contribution in [3.63, 3.8) is 0 Å². The fourth-order valence-electron chi connectivity index (χ4n) is 3.26. The zero-order chi connectivity index (χ0) is 18.1. The van der Waals surface area contributed by atoms with E-state index in [0.717, 1.165) is 40.7 Å². The number of pyridine rings is 1. The van der Waals surface area contributed by atoms with E-state index < -0.39 is 0 Å². The van der Waals surface area contributed by atoms with Crippen molar-refractivity contribution in [3.8, 4) is 0 Å². The fourth-order valence-corrected chi connectivity index (χ4v) is 3.26. The molecule has 0 spiro atoms. The molecule has 3 aromatic rings. The summed E-state index contributed by atoms with van der Waals surface area (Å²) in [6.45, 7) is 4.51. The SMILES string of the molecule is Cc1cc(Nc2ccc3c(c2)CCN3C(=O)c2cccnc2)nc(C)n1. The molecule has 4 rings (SSSR count). The van der Waals surface area contributed by atoms with Gasteiger partial charge in [0.1, 0.15) is 11.6 Å². The van der Waals surface area contributed by atoms with Crippen LogP contribution in [0.3, 0.4) is 0 Å². The summed E-state index contributed by atoms with van der Waals surface area (Å²) in [5.41, 5.74) is 4.59. The van der Waals surface area contributed by atoms with E-state index in [0.29, 0.717) is 12.1 Å². The maximum absolute atomic E-state index is 12.7. The quantitative estimate of drug-likeness (QED) is 0.787. The summed E-state index contributed by atoms with van der Waals surface area (Å²) in [7, 11) is 0. The van der Waals surface area contributed by atoms with E-state index in [1.54, 1.807) is 24.5 Å². The Morgan fingerprint density at radius 2 is 2.04 bits per heavy atom. The number of nitrogens with zero attached hydrogens (tertiary/aromatic N) is 4. The monoisotopic (exact) mass is 345 g/mol. The van der Waals surface area contributed by atoms with Crippen LogP contribution < -0.4 is 10.2 Å². The van der Waals surface area contributed by atoms with Gasteiger partial charge in [-0.25, -0.2) is 9.97 Å². The van der Waals surface area contributed by atoms with Crippen molar-refractivity contribution >= 4 is 23.1 Å². The third kappa shape index (κ3) is 3.13. The maximum Gasteiger partial charge on any atom is 0.259 e. The van der Waals surface area contributed by atoms with Crippen molar-refractivity contribution in [2.24, 2.45) is 0 Å². The van der Waals surface area contributed by atoms with E-state index in [1.165, 1.54) is 0 Å². The van der Waals surface area contributed by atoms with Crippen molar-refractivity contribution < 1.29 is 4.79 Å². The standard InChI is InChI=1S/C20H19N5O/c1-13-10-19(23-14(2)22-13)24-17-5-6-18-15(11-17)7-9-25(18)20(26)16-4-3-8-21-12-16/h3-6,8,10-12H,7,9H2,1-2H3,(H,22,23,24). The van der Waals surface area contributed by atoms with E-state index in [4.69, 9.17) is 0 Å². The van der Waals surface area contributed by atoms with Crippen molar-refractivity contribution in [1.29, 1.82) is 0 Å². The van der Waals surface area contributed by atoms with Gasteiger partial charge in [0.15, 0.2) is 0 Å². The van der Waals surface area contributed by atoms with Crippen LogP contribution in [0.2, 0.25) is 0 Å². The lowest BCUT2D eigenvalue weighted by atomic mass is 10.1. The molecule has 0 bridgehead atoms. The highest BCUT2D eigenvalue weighted by atomic mass is 16.2. The molecule has 0 aliphatic carbocycles. The van der Waals surface area contributed by atoms with Gasteiger partial charge in [-0.05, 0) is 56.2 Å². The molecule has 26 heavy (non-hydrogen) atoms. The average Bonchev–Trinajstić information content (AvgIpc) is 3.04. The Morgan fingerprint density at radius 1 is 1.15 bits per heavy atom. The van der Waals surface area contributed by atoms with Gasteiger partial charge in [-0.3, -0.25) is 9.78 Å². The molecule has 1 aliphatic rings. The summed E-state index contributed by atoms with van der Waals surface area (Å²) in [6, 6.07) is 11.5. The second-order valence-corrected chi connectivity index (χ2v) is 6.36. The zero-order valence-electron chi connectivity index (χ0n) is 14.7. The van der Waals surface area contributed by atoms with E-state index in [2.05, 4.69) is 26.3 Å². The number of aryl methyl sites for hydroxylation is 2. The molecular formula is C20H19N5O. The number of aromatic nitrogens is 3. The first kappa shape index (κ1) is 16.2. The lowest BCUT2D eigenvalue weighted by Gasteiger charge is -2.17. The third-order valence-electron chi connectivity index (χ3n) is 4.37. The van der Waals surface area contributed by atoms with Gasteiger partial charge >= 0.3 is 0 Å². The van der Waals surface area contributed by atoms with Crippen LogP contribution in [0.15, 0.2) is 48.8 Å². The highest BCUT2D eigenvalue weighted by molar-refractivity contribution is 6.07. The molecule has 1 amide bonds. The van der Waals surface area contributed by atoms with Gasteiger partial charge in [-0.15, -0.1) is 0 Å². The van der Waals surface area contributed by atoms with Crippen molar-refractivity contribution in [2.45, 2.75) is 20.3 Å². The summed E-state index contributed by atoms with van der Waals surface area (Å²) in [6.07, 6.45) is 4.11. The number of nitrogens with one attached hydrogen (secondary N) is 1. The third-order valence-corrected chi connectivity index (χ3v) is 4.37. The molecule has 0 radical (unpaired) electrons. The highest BCUT2D eigenvalue weighted by Gasteiger charge is 2.25. The van der Waals surface area contributed by atoms with Crippen LogP contribution in [-0.2, 0) is 6.42 Å². The van der Waals surface area contributed by atoms with Crippen LogP contribution in [0.1, 0.15) is 27.4 Å². The molecular weight excluding hydrogens is 326 g/mol. The second kappa shape index (κ2) is 6.55. The number of benzene rings is 1. The predicted octanol–water partition coefficient (Wildman–Crippen LogP) is 3.43. The van der Waals surface area contributed by atoms with Gasteiger partial charge in [0.2, 0.25) is 0 Å². The Balaban J connectivity index is 1.58. The van der Waals surface area contributed by atoms with Crippen molar-refractivity contribution in [1.82, 2.24) is 15.0 Å². The minimum absolute atomic E-state index is 0.0143. The molecule has 3 heterocycles. The summed E-state index contributed by atoms with van der Waals surface area (Å²) in [5, 5.41) is 3.33. The smallest absolute Gasteiger partial charge is 0.259 e. The molecule has 6 nitrogen and oxygen atoms in total. The first-order valence-corrected chi connectivity index (χ1v) is 8.54. The summed E-state index contributed by atoms with van der Waals surface area (Å²) in [4.78, 5) is 27.3. The van der Waals surface area contributed by atoms with Gasteiger partial charge in [-0.1, -0.05) is 0 Å². The average molecular weight is 345 g/mol. The first-order valence-electron chi connectivity index (χ1n) is 8.54. The largest absolute Gasteiger partial charge is 0.340 e. The van der Waals surface area contributed by atoms with Crippen LogP contribution in [-0.4, -0.2) is 27.4 Å². The number of anilines is 3. The molecule has 0 atom stereocenters. The lowest BCUT2D eigenvalue weighted by molar-refractivity contribution is 0.0989. The van der Waals surface area contributed by atoms with Crippen LogP contribution in [0.25, 0.3) is 0 Å². The van der Waals surface area contributed by atoms with Gasteiger partial charge in [0, 0.05) is 42.1 Å². The van der Waals surface area contributed by atoms with Crippen LogP contribution in [0.5, 0.6) is 0 Å². The van der Waals surface area contributed by atoms with Crippen molar-refractivity contribution in [3.05, 3.63) is 71.4 Å². The number of carbonyl (C=O) groups excluding carboxylic acids is 1. The molecule has 0 fully saturated rings. The van der Waals surface area contributed by atoms with Crippen molar-refractivity contribution in [2.75, 3.05) is 16.8 Å². The zero-order valence-corrected chi connectivity index (χ0v) is 14.7. The molecule has 130 valence electrons. The number of fused-ring (bicyclic) bond motifs is 1. The molecule has 6 heteroatoms.